The van der Waals surface area contributed by atoms with Crippen LogP contribution in [-0.4, -0.2) is 48.2 Å². The lowest BCUT2D eigenvalue weighted by Gasteiger charge is -2.33. The number of rotatable bonds is 4. The second kappa shape index (κ2) is 6.18. The summed E-state index contributed by atoms with van der Waals surface area (Å²) in [7, 11) is 0. The molecule has 0 unspecified atom stereocenters. The van der Waals surface area contributed by atoms with Gasteiger partial charge in [0.1, 0.15) is 0 Å². The normalized spacial score (nSPS) is 27.7. The summed E-state index contributed by atoms with van der Waals surface area (Å²) in [6, 6.07) is 3.75. The van der Waals surface area contributed by atoms with E-state index in [1.54, 1.807) is 4.90 Å². The second-order valence-electron chi connectivity index (χ2n) is 5.96. The molecule has 2 fully saturated rings. The number of likely N-dealkylation sites (tertiary alicyclic amines) is 1. The Kier molecular flexibility index (Phi) is 4.43. The van der Waals surface area contributed by atoms with Gasteiger partial charge in [-0.05, 0) is 25.0 Å². The van der Waals surface area contributed by atoms with Gasteiger partial charge in [0.05, 0.1) is 16.4 Å². The van der Waals surface area contributed by atoms with Crippen LogP contribution in [0.3, 0.4) is 0 Å². The number of amides is 1. The molecule has 2 saturated heterocycles. The number of ether oxygens (including phenoxy) is 1. The van der Waals surface area contributed by atoms with E-state index < -0.39 is 11.4 Å². The predicted molar refractivity (Wildman–Crippen MR) is 83.2 cm³/mol. The van der Waals surface area contributed by atoms with Crippen LogP contribution in [0.15, 0.2) is 12.1 Å². The average Bonchev–Trinajstić information content (AvgIpc) is 3.08. The molecular formula is C15H18ClNO4S. The van der Waals surface area contributed by atoms with Crippen molar-refractivity contribution < 1.29 is 19.4 Å². The molecule has 3 heterocycles. The first-order valence-electron chi connectivity index (χ1n) is 7.34. The van der Waals surface area contributed by atoms with Crippen molar-refractivity contribution in [2.45, 2.75) is 19.3 Å². The quantitative estimate of drug-likeness (QED) is 0.910. The van der Waals surface area contributed by atoms with Gasteiger partial charge in [-0.1, -0.05) is 11.6 Å². The van der Waals surface area contributed by atoms with Crippen LogP contribution in [0.2, 0.25) is 4.34 Å². The molecule has 1 N–H and O–H groups in total. The van der Waals surface area contributed by atoms with E-state index >= 15 is 0 Å². The Morgan fingerprint density at radius 1 is 1.50 bits per heavy atom. The van der Waals surface area contributed by atoms with E-state index in [1.165, 1.54) is 11.3 Å². The molecule has 0 aromatic carbocycles. The van der Waals surface area contributed by atoms with Crippen LogP contribution in [0.4, 0.5) is 0 Å². The largest absolute Gasteiger partial charge is 0.481 e. The number of fused-ring (bicyclic) bond motifs is 1. The summed E-state index contributed by atoms with van der Waals surface area (Å²) in [6.07, 6.45) is 1.52. The molecule has 1 aromatic heterocycles. The van der Waals surface area contributed by atoms with Crippen molar-refractivity contribution in [1.29, 1.82) is 0 Å². The number of hydrogen-bond donors (Lipinski definition) is 1. The van der Waals surface area contributed by atoms with Crippen molar-refractivity contribution in [2.75, 3.05) is 26.3 Å². The zero-order chi connectivity index (χ0) is 15.7. The first kappa shape index (κ1) is 15.8. The summed E-state index contributed by atoms with van der Waals surface area (Å²) >= 11 is 7.36. The van der Waals surface area contributed by atoms with Crippen LogP contribution in [-0.2, 0) is 20.7 Å². The Labute approximate surface area is 137 Å². The van der Waals surface area contributed by atoms with Crippen molar-refractivity contribution in [3.8, 4) is 0 Å². The second-order valence-corrected chi connectivity index (χ2v) is 7.76. The molecule has 2 aliphatic rings. The minimum atomic E-state index is -0.819. The van der Waals surface area contributed by atoms with E-state index in [2.05, 4.69) is 0 Å². The highest BCUT2D eigenvalue weighted by molar-refractivity contribution is 7.16. The Morgan fingerprint density at radius 2 is 2.32 bits per heavy atom. The Bertz CT molecular complexity index is 590. The number of carbonyl (C=O) groups is 2. The smallest absolute Gasteiger partial charge is 0.311 e. The number of carboxylic acid groups (broad SMARTS) is 1. The zero-order valence-electron chi connectivity index (χ0n) is 12.1. The molecule has 0 bridgehead atoms. The van der Waals surface area contributed by atoms with Crippen molar-refractivity contribution in [3.05, 3.63) is 21.3 Å². The molecule has 2 aliphatic heterocycles. The number of hydrogen-bond acceptors (Lipinski definition) is 4. The Balaban J connectivity index is 1.63. The SMILES string of the molecule is O=C(CCc1ccc(Cl)s1)N1C[C@H]2COCC[C@@]2(C(=O)O)C1. The Morgan fingerprint density at radius 3 is 2.95 bits per heavy atom. The number of halogens is 1. The van der Waals surface area contributed by atoms with Gasteiger partial charge in [0, 0.05) is 36.9 Å². The Hall–Kier alpha value is -1.11. The first-order chi connectivity index (χ1) is 10.5. The van der Waals surface area contributed by atoms with Crippen molar-refractivity contribution >= 4 is 34.8 Å². The van der Waals surface area contributed by atoms with Gasteiger partial charge in [-0.3, -0.25) is 9.59 Å². The third-order valence-electron chi connectivity index (χ3n) is 4.70. The molecule has 120 valence electrons. The van der Waals surface area contributed by atoms with Crippen molar-refractivity contribution in [3.63, 3.8) is 0 Å². The van der Waals surface area contributed by atoms with Gasteiger partial charge in [-0.15, -0.1) is 11.3 Å². The van der Waals surface area contributed by atoms with Crippen LogP contribution in [0.5, 0.6) is 0 Å². The van der Waals surface area contributed by atoms with Gasteiger partial charge in [0.15, 0.2) is 0 Å². The highest BCUT2D eigenvalue weighted by atomic mass is 35.5. The van der Waals surface area contributed by atoms with E-state index in [0.717, 1.165) is 9.21 Å². The van der Waals surface area contributed by atoms with E-state index in [1.807, 2.05) is 12.1 Å². The van der Waals surface area contributed by atoms with Crippen LogP contribution in [0.25, 0.3) is 0 Å². The van der Waals surface area contributed by atoms with Gasteiger partial charge in [0.2, 0.25) is 5.91 Å². The van der Waals surface area contributed by atoms with E-state index in [0.29, 0.717) is 45.6 Å². The maximum atomic E-state index is 12.4. The van der Waals surface area contributed by atoms with Crippen LogP contribution < -0.4 is 0 Å². The van der Waals surface area contributed by atoms with Gasteiger partial charge in [-0.25, -0.2) is 0 Å². The van der Waals surface area contributed by atoms with E-state index in [9.17, 15) is 14.7 Å². The van der Waals surface area contributed by atoms with Gasteiger partial charge in [0.25, 0.3) is 0 Å². The van der Waals surface area contributed by atoms with Crippen LogP contribution in [0.1, 0.15) is 17.7 Å². The predicted octanol–water partition coefficient (Wildman–Crippen LogP) is 2.28. The highest BCUT2D eigenvalue weighted by Crippen LogP contribution is 2.42. The summed E-state index contributed by atoms with van der Waals surface area (Å²) < 4.78 is 6.12. The summed E-state index contributed by atoms with van der Waals surface area (Å²) in [4.78, 5) is 26.9. The first-order valence-corrected chi connectivity index (χ1v) is 8.54. The maximum Gasteiger partial charge on any atom is 0.311 e. The minimum Gasteiger partial charge on any atom is -0.481 e. The lowest BCUT2D eigenvalue weighted by Crippen LogP contribution is -2.45. The molecule has 5 nitrogen and oxygen atoms in total. The number of carboxylic acids is 1. The number of aliphatic carboxylic acids is 1. The number of aryl methyl sites for hydroxylation is 1. The number of carbonyl (C=O) groups excluding carboxylic acids is 1. The van der Waals surface area contributed by atoms with E-state index in [-0.39, 0.29) is 11.8 Å². The topological polar surface area (TPSA) is 66.8 Å². The lowest BCUT2D eigenvalue weighted by molar-refractivity contribution is -0.157. The standard InChI is InChI=1S/C15H18ClNO4S/c16-12-3-1-11(22-12)2-4-13(18)17-7-10-8-21-6-5-15(10,9-17)14(19)20/h1,3,10H,2,4-9H2,(H,19,20)/t10-,15+/m0/s1. The van der Waals surface area contributed by atoms with Crippen molar-refractivity contribution in [1.82, 2.24) is 4.90 Å². The number of nitrogens with zero attached hydrogens (tertiary/aromatic N) is 1. The molecule has 3 rings (SSSR count). The zero-order valence-corrected chi connectivity index (χ0v) is 13.7. The monoisotopic (exact) mass is 343 g/mol. The molecule has 0 saturated carbocycles. The fourth-order valence-corrected chi connectivity index (χ4v) is 4.45. The molecule has 22 heavy (non-hydrogen) atoms. The molecule has 0 spiro atoms. The third kappa shape index (κ3) is 2.87. The molecule has 2 atom stereocenters. The molecule has 7 heteroatoms. The molecule has 1 amide bonds. The van der Waals surface area contributed by atoms with Crippen LogP contribution >= 0.6 is 22.9 Å². The lowest BCUT2D eigenvalue weighted by atomic mass is 9.74. The minimum absolute atomic E-state index is 0.0135. The third-order valence-corrected chi connectivity index (χ3v) is 5.99. The van der Waals surface area contributed by atoms with Gasteiger partial charge >= 0.3 is 5.97 Å². The molecular weight excluding hydrogens is 326 g/mol. The number of thiophene rings is 1. The maximum absolute atomic E-state index is 12.4. The summed E-state index contributed by atoms with van der Waals surface area (Å²) in [5.74, 6) is -0.889. The van der Waals surface area contributed by atoms with E-state index in [4.69, 9.17) is 16.3 Å². The summed E-state index contributed by atoms with van der Waals surface area (Å²) in [5, 5.41) is 9.60. The summed E-state index contributed by atoms with van der Waals surface area (Å²) in [5.41, 5.74) is -0.819. The summed E-state index contributed by atoms with van der Waals surface area (Å²) in [6.45, 7) is 1.67. The van der Waals surface area contributed by atoms with Gasteiger partial charge in [-0.2, -0.15) is 0 Å². The van der Waals surface area contributed by atoms with Crippen molar-refractivity contribution in [2.24, 2.45) is 11.3 Å². The fourth-order valence-electron chi connectivity index (χ4n) is 3.36. The van der Waals surface area contributed by atoms with Gasteiger partial charge < -0.3 is 14.7 Å². The highest BCUT2D eigenvalue weighted by Gasteiger charge is 2.54. The molecule has 0 aliphatic carbocycles. The molecule has 1 aromatic rings. The average molecular weight is 344 g/mol. The van der Waals surface area contributed by atoms with Crippen LogP contribution in [0, 0.1) is 11.3 Å². The fraction of sp³-hybridized carbons (Fsp3) is 0.600. The molecule has 0 radical (unpaired) electrons.